The second kappa shape index (κ2) is 6.55. The standard InChI is InChI=1S/C13H19NO2S/c1-5-6-13(16-11(4)15)9(2)7-12-8-17-10(3)14-12/h5,7-8,10,13-14H,1,6H2,2-4H3/b9-7+. The van der Waals surface area contributed by atoms with E-state index in [4.69, 9.17) is 4.74 Å². The molecule has 0 aromatic heterocycles. The molecule has 1 rings (SSSR count). The Hall–Kier alpha value is -1.16. The van der Waals surface area contributed by atoms with Crippen molar-refractivity contribution in [1.82, 2.24) is 5.32 Å². The molecule has 0 saturated heterocycles. The highest BCUT2D eigenvalue weighted by molar-refractivity contribution is 8.02. The van der Waals surface area contributed by atoms with Gasteiger partial charge in [0.1, 0.15) is 6.10 Å². The average Bonchev–Trinajstić information content (AvgIpc) is 2.62. The van der Waals surface area contributed by atoms with E-state index in [1.807, 2.05) is 13.0 Å². The zero-order chi connectivity index (χ0) is 12.8. The van der Waals surface area contributed by atoms with E-state index in [2.05, 4.69) is 24.2 Å². The summed E-state index contributed by atoms with van der Waals surface area (Å²) in [5.74, 6) is -0.263. The molecule has 0 spiro atoms. The first-order valence-corrected chi connectivity index (χ1v) is 6.55. The molecule has 1 N–H and O–H groups in total. The molecule has 4 heteroatoms. The first kappa shape index (κ1) is 13.9. The fraction of sp³-hybridized carbons (Fsp3) is 0.462. The number of hydrogen-bond acceptors (Lipinski definition) is 4. The van der Waals surface area contributed by atoms with E-state index in [0.29, 0.717) is 11.8 Å². The normalized spacial score (nSPS) is 21.5. The molecule has 0 amide bonds. The Balaban J connectivity index is 2.69. The van der Waals surface area contributed by atoms with Crippen LogP contribution in [0.3, 0.4) is 0 Å². The maximum absolute atomic E-state index is 11.0. The van der Waals surface area contributed by atoms with E-state index in [0.717, 1.165) is 11.3 Å². The number of carbonyl (C=O) groups is 1. The van der Waals surface area contributed by atoms with Gasteiger partial charge in [-0.1, -0.05) is 6.08 Å². The molecule has 0 bridgehead atoms. The van der Waals surface area contributed by atoms with Crippen molar-refractivity contribution in [3.8, 4) is 0 Å². The number of nitrogens with one attached hydrogen (secondary N) is 1. The van der Waals surface area contributed by atoms with Gasteiger partial charge >= 0.3 is 5.97 Å². The minimum Gasteiger partial charge on any atom is -0.458 e. The lowest BCUT2D eigenvalue weighted by molar-refractivity contribution is -0.144. The number of esters is 1. The second-order valence-electron chi connectivity index (χ2n) is 4.01. The van der Waals surface area contributed by atoms with Crippen molar-refractivity contribution >= 4 is 17.7 Å². The molecule has 0 aliphatic carbocycles. The Morgan fingerprint density at radius 2 is 2.41 bits per heavy atom. The van der Waals surface area contributed by atoms with Gasteiger partial charge in [0.15, 0.2) is 0 Å². The highest BCUT2D eigenvalue weighted by atomic mass is 32.2. The van der Waals surface area contributed by atoms with Gasteiger partial charge in [0.05, 0.1) is 5.37 Å². The van der Waals surface area contributed by atoms with Crippen LogP contribution < -0.4 is 5.32 Å². The molecule has 0 radical (unpaired) electrons. The van der Waals surface area contributed by atoms with Crippen molar-refractivity contribution in [2.45, 2.75) is 38.7 Å². The molecule has 0 fully saturated rings. The van der Waals surface area contributed by atoms with Crippen LogP contribution in [0.25, 0.3) is 0 Å². The zero-order valence-electron chi connectivity index (χ0n) is 10.5. The van der Waals surface area contributed by atoms with E-state index in [1.54, 1.807) is 17.8 Å². The van der Waals surface area contributed by atoms with E-state index in [9.17, 15) is 4.79 Å². The van der Waals surface area contributed by atoms with Crippen LogP contribution in [0.4, 0.5) is 0 Å². The van der Waals surface area contributed by atoms with Gasteiger partial charge in [-0.25, -0.2) is 0 Å². The Labute approximate surface area is 107 Å². The molecule has 3 nitrogen and oxygen atoms in total. The van der Waals surface area contributed by atoms with Crippen molar-refractivity contribution in [3.05, 3.63) is 35.4 Å². The maximum Gasteiger partial charge on any atom is 0.303 e. The molecule has 1 aliphatic heterocycles. The SMILES string of the molecule is C=CCC(OC(C)=O)/C(C)=C/C1=CSC(C)N1. The van der Waals surface area contributed by atoms with Gasteiger partial charge < -0.3 is 10.1 Å². The third-order valence-corrected chi connectivity index (χ3v) is 3.27. The molecule has 17 heavy (non-hydrogen) atoms. The van der Waals surface area contributed by atoms with Crippen molar-refractivity contribution < 1.29 is 9.53 Å². The molecule has 0 aromatic rings. The van der Waals surface area contributed by atoms with Crippen molar-refractivity contribution in [1.29, 1.82) is 0 Å². The highest BCUT2D eigenvalue weighted by Crippen LogP contribution is 2.22. The van der Waals surface area contributed by atoms with Gasteiger partial charge in [0.2, 0.25) is 0 Å². The molecule has 1 aliphatic rings. The van der Waals surface area contributed by atoms with Crippen LogP contribution >= 0.6 is 11.8 Å². The van der Waals surface area contributed by atoms with E-state index in [1.165, 1.54) is 6.92 Å². The van der Waals surface area contributed by atoms with Gasteiger partial charge in [-0.05, 0) is 30.9 Å². The smallest absolute Gasteiger partial charge is 0.303 e. The fourth-order valence-electron chi connectivity index (χ4n) is 1.57. The Bertz CT molecular complexity index is 360. The lowest BCUT2D eigenvalue weighted by Gasteiger charge is -2.16. The number of carbonyl (C=O) groups excluding carboxylic acids is 1. The number of hydrogen-bond donors (Lipinski definition) is 1. The number of rotatable bonds is 5. The maximum atomic E-state index is 11.0. The summed E-state index contributed by atoms with van der Waals surface area (Å²) in [6.07, 6.45) is 4.21. The first-order valence-electron chi connectivity index (χ1n) is 5.61. The summed E-state index contributed by atoms with van der Waals surface area (Å²) in [4.78, 5) is 11.0. The second-order valence-corrected chi connectivity index (χ2v) is 5.22. The van der Waals surface area contributed by atoms with Crippen LogP contribution in [-0.2, 0) is 9.53 Å². The van der Waals surface area contributed by atoms with Gasteiger partial charge in [-0.3, -0.25) is 4.79 Å². The van der Waals surface area contributed by atoms with Crippen LogP contribution in [0.5, 0.6) is 0 Å². The molecule has 2 atom stereocenters. The van der Waals surface area contributed by atoms with E-state index in [-0.39, 0.29) is 12.1 Å². The van der Waals surface area contributed by atoms with Crippen LogP contribution in [0, 0.1) is 0 Å². The summed E-state index contributed by atoms with van der Waals surface area (Å²) in [6, 6.07) is 0. The third kappa shape index (κ3) is 4.69. The van der Waals surface area contributed by atoms with Crippen molar-refractivity contribution in [3.63, 3.8) is 0 Å². The first-order chi connectivity index (χ1) is 8.02. The Morgan fingerprint density at radius 3 is 2.88 bits per heavy atom. The van der Waals surface area contributed by atoms with Crippen molar-refractivity contribution in [2.24, 2.45) is 0 Å². The lowest BCUT2D eigenvalue weighted by atomic mass is 10.1. The number of ether oxygens (including phenoxy) is 1. The third-order valence-electron chi connectivity index (χ3n) is 2.35. The number of thioether (sulfide) groups is 1. The molecular weight excluding hydrogens is 234 g/mol. The topological polar surface area (TPSA) is 38.3 Å². The molecule has 2 unspecified atom stereocenters. The van der Waals surface area contributed by atoms with Crippen LogP contribution in [0.1, 0.15) is 27.2 Å². The van der Waals surface area contributed by atoms with Crippen LogP contribution in [0.2, 0.25) is 0 Å². The van der Waals surface area contributed by atoms with E-state index >= 15 is 0 Å². The van der Waals surface area contributed by atoms with Gasteiger partial charge in [0.25, 0.3) is 0 Å². The van der Waals surface area contributed by atoms with E-state index < -0.39 is 0 Å². The molecule has 0 saturated carbocycles. The monoisotopic (exact) mass is 253 g/mol. The summed E-state index contributed by atoms with van der Waals surface area (Å²) < 4.78 is 5.25. The molecular formula is C13H19NO2S. The van der Waals surface area contributed by atoms with Gasteiger partial charge in [-0.2, -0.15) is 0 Å². The Morgan fingerprint density at radius 1 is 1.71 bits per heavy atom. The predicted molar refractivity (Wildman–Crippen MR) is 72.4 cm³/mol. The lowest BCUT2D eigenvalue weighted by Crippen LogP contribution is -2.19. The highest BCUT2D eigenvalue weighted by Gasteiger charge is 2.15. The average molecular weight is 253 g/mol. The number of allylic oxidation sites excluding steroid dienone is 1. The van der Waals surface area contributed by atoms with Gasteiger partial charge in [-0.15, -0.1) is 18.3 Å². The van der Waals surface area contributed by atoms with Crippen molar-refractivity contribution in [2.75, 3.05) is 0 Å². The fourth-order valence-corrected chi connectivity index (χ4v) is 2.26. The Kier molecular flexibility index (Phi) is 5.35. The van der Waals surface area contributed by atoms with Crippen LogP contribution in [0.15, 0.2) is 35.4 Å². The largest absolute Gasteiger partial charge is 0.458 e. The summed E-state index contributed by atoms with van der Waals surface area (Å²) in [6.45, 7) is 9.17. The quantitative estimate of drug-likeness (QED) is 0.604. The zero-order valence-corrected chi connectivity index (χ0v) is 11.3. The summed E-state index contributed by atoms with van der Waals surface area (Å²) in [5.41, 5.74) is 2.09. The molecule has 1 heterocycles. The summed E-state index contributed by atoms with van der Waals surface area (Å²) in [7, 11) is 0. The minimum absolute atomic E-state index is 0.214. The van der Waals surface area contributed by atoms with Crippen LogP contribution in [-0.4, -0.2) is 17.4 Å². The molecule has 94 valence electrons. The minimum atomic E-state index is -0.263. The predicted octanol–water partition coefficient (Wildman–Crippen LogP) is 2.96. The summed E-state index contributed by atoms with van der Waals surface area (Å²) >= 11 is 1.74. The summed E-state index contributed by atoms with van der Waals surface area (Å²) in [5, 5.41) is 5.80. The molecule has 0 aromatic carbocycles. The van der Waals surface area contributed by atoms with Gasteiger partial charge in [0, 0.05) is 19.0 Å².